The van der Waals surface area contributed by atoms with Crippen LogP contribution in [0.1, 0.15) is 38.7 Å². The highest BCUT2D eigenvalue weighted by atomic mass is 15.1. The zero-order valence-corrected chi connectivity index (χ0v) is 12.4. The van der Waals surface area contributed by atoms with Gasteiger partial charge in [-0.3, -0.25) is 4.90 Å². The van der Waals surface area contributed by atoms with Crippen molar-refractivity contribution in [1.29, 1.82) is 0 Å². The molecule has 0 radical (unpaired) electrons. The molecule has 2 rings (SSSR count). The van der Waals surface area contributed by atoms with Crippen LogP contribution in [0.25, 0.3) is 0 Å². The molecule has 0 atom stereocenters. The van der Waals surface area contributed by atoms with Crippen LogP contribution in [0.4, 0.5) is 0 Å². The van der Waals surface area contributed by atoms with Crippen LogP contribution < -0.4 is 5.73 Å². The average molecular weight is 260 g/mol. The van der Waals surface area contributed by atoms with Crippen molar-refractivity contribution < 1.29 is 0 Å². The summed E-state index contributed by atoms with van der Waals surface area (Å²) in [6, 6.07) is 10.8. The number of hydrogen-bond donors (Lipinski definition) is 1. The predicted molar refractivity (Wildman–Crippen MR) is 81.9 cm³/mol. The number of hydrogen-bond acceptors (Lipinski definition) is 2. The van der Waals surface area contributed by atoms with Crippen LogP contribution >= 0.6 is 0 Å². The normalized spacial score (nSPS) is 19.8. The summed E-state index contributed by atoms with van der Waals surface area (Å²) in [5.41, 5.74) is 7.74. The molecule has 1 aliphatic heterocycles. The largest absolute Gasteiger partial charge is 0.330 e. The molecule has 0 saturated carbocycles. The second-order valence-electron chi connectivity index (χ2n) is 6.32. The van der Waals surface area contributed by atoms with Gasteiger partial charge in [0.1, 0.15) is 0 Å². The summed E-state index contributed by atoms with van der Waals surface area (Å²) >= 11 is 0. The van der Waals surface area contributed by atoms with Crippen molar-refractivity contribution in [2.45, 2.75) is 39.7 Å². The fourth-order valence-electron chi connectivity index (χ4n) is 3.40. The Morgan fingerprint density at radius 3 is 2.32 bits per heavy atom. The maximum absolute atomic E-state index is 5.83. The maximum Gasteiger partial charge on any atom is 0.0233 e. The Kier molecular flexibility index (Phi) is 5.00. The summed E-state index contributed by atoms with van der Waals surface area (Å²) in [4.78, 5) is 2.59. The van der Waals surface area contributed by atoms with E-state index in [1.54, 1.807) is 0 Å². The molecule has 1 aromatic carbocycles. The lowest BCUT2D eigenvalue weighted by Crippen LogP contribution is -2.43. The fourth-order valence-corrected chi connectivity index (χ4v) is 3.40. The lowest BCUT2D eigenvalue weighted by molar-refractivity contribution is 0.0520. The van der Waals surface area contributed by atoms with E-state index in [9.17, 15) is 0 Å². The molecular formula is C17H28N2. The minimum absolute atomic E-state index is 0.488. The van der Waals surface area contributed by atoms with Gasteiger partial charge in [-0.2, -0.15) is 0 Å². The first-order valence-corrected chi connectivity index (χ1v) is 7.63. The molecule has 0 aliphatic carbocycles. The van der Waals surface area contributed by atoms with Gasteiger partial charge in [0.05, 0.1) is 0 Å². The van der Waals surface area contributed by atoms with Gasteiger partial charge in [-0.15, -0.1) is 0 Å². The minimum atomic E-state index is 0.488. The van der Waals surface area contributed by atoms with Crippen LogP contribution in [0.15, 0.2) is 30.3 Å². The molecule has 1 heterocycles. The number of piperidine rings is 1. The molecule has 0 aromatic heterocycles. The van der Waals surface area contributed by atoms with Gasteiger partial charge < -0.3 is 5.73 Å². The van der Waals surface area contributed by atoms with Gasteiger partial charge in [-0.1, -0.05) is 44.2 Å². The molecule has 1 saturated heterocycles. The Bertz CT molecular complexity index is 364. The number of likely N-dealkylation sites (tertiary alicyclic amines) is 1. The molecule has 2 heteroatoms. The summed E-state index contributed by atoms with van der Waals surface area (Å²) in [7, 11) is 0. The molecule has 0 spiro atoms. The third-order valence-electron chi connectivity index (χ3n) is 4.97. The molecule has 106 valence electrons. The van der Waals surface area contributed by atoms with E-state index in [0.717, 1.165) is 19.0 Å². The van der Waals surface area contributed by atoms with Crippen molar-refractivity contribution in [3.8, 4) is 0 Å². The van der Waals surface area contributed by atoms with Crippen LogP contribution in [0, 0.1) is 11.3 Å². The van der Waals surface area contributed by atoms with Crippen LogP contribution in [0.5, 0.6) is 0 Å². The smallest absolute Gasteiger partial charge is 0.0233 e. The van der Waals surface area contributed by atoms with Crippen molar-refractivity contribution in [1.82, 2.24) is 4.90 Å². The maximum atomic E-state index is 5.83. The Morgan fingerprint density at radius 2 is 1.79 bits per heavy atom. The second kappa shape index (κ2) is 6.53. The lowest BCUT2D eigenvalue weighted by Gasteiger charge is -2.45. The topological polar surface area (TPSA) is 29.3 Å². The molecule has 2 N–H and O–H groups in total. The van der Waals surface area contributed by atoms with Gasteiger partial charge in [0.25, 0.3) is 0 Å². The van der Waals surface area contributed by atoms with Crippen molar-refractivity contribution >= 4 is 0 Å². The molecule has 1 aliphatic rings. The number of rotatable bonds is 5. The second-order valence-corrected chi connectivity index (χ2v) is 6.32. The van der Waals surface area contributed by atoms with E-state index in [2.05, 4.69) is 49.1 Å². The van der Waals surface area contributed by atoms with Crippen LogP contribution in [0.3, 0.4) is 0 Å². The Hall–Kier alpha value is -0.860. The van der Waals surface area contributed by atoms with E-state index in [1.165, 1.54) is 37.9 Å². The van der Waals surface area contributed by atoms with Gasteiger partial charge in [-0.25, -0.2) is 0 Å². The third kappa shape index (κ3) is 3.58. The number of nitrogens with two attached hydrogens (primary N) is 1. The van der Waals surface area contributed by atoms with Crippen molar-refractivity contribution in [2.75, 3.05) is 19.6 Å². The average Bonchev–Trinajstić information content (AvgIpc) is 2.42. The van der Waals surface area contributed by atoms with E-state index in [-0.39, 0.29) is 0 Å². The molecule has 19 heavy (non-hydrogen) atoms. The quantitative estimate of drug-likeness (QED) is 0.880. The summed E-state index contributed by atoms with van der Waals surface area (Å²) in [6.45, 7) is 9.08. The van der Waals surface area contributed by atoms with Crippen LogP contribution in [0.2, 0.25) is 0 Å². The number of benzene rings is 1. The highest BCUT2D eigenvalue weighted by Gasteiger charge is 2.36. The van der Waals surface area contributed by atoms with Crippen molar-refractivity contribution in [2.24, 2.45) is 17.1 Å². The Morgan fingerprint density at radius 1 is 1.16 bits per heavy atom. The van der Waals surface area contributed by atoms with Crippen LogP contribution in [-0.2, 0) is 6.54 Å². The van der Waals surface area contributed by atoms with Crippen molar-refractivity contribution in [3.63, 3.8) is 0 Å². The summed E-state index contributed by atoms with van der Waals surface area (Å²) in [5, 5.41) is 0. The zero-order valence-electron chi connectivity index (χ0n) is 12.4. The molecular weight excluding hydrogens is 232 g/mol. The van der Waals surface area contributed by atoms with E-state index in [0.29, 0.717) is 5.41 Å². The van der Waals surface area contributed by atoms with E-state index in [1.807, 2.05) is 0 Å². The van der Waals surface area contributed by atoms with E-state index >= 15 is 0 Å². The molecule has 1 aromatic rings. The molecule has 0 unspecified atom stereocenters. The third-order valence-corrected chi connectivity index (χ3v) is 4.97. The molecule has 0 amide bonds. The Labute approximate surface area is 118 Å². The van der Waals surface area contributed by atoms with E-state index in [4.69, 9.17) is 5.73 Å². The summed E-state index contributed by atoms with van der Waals surface area (Å²) in [6.07, 6.45) is 3.78. The van der Waals surface area contributed by atoms with E-state index < -0.39 is 0 Å². The van der Waals surface area contributed by atoms with Gasteiger partial charge in [-0.05, 0) is 55.8 Å². The van der Waals surface area contributed by atoms with Gasteiger partial charge in [0.2, 0.25) is 0 Å². The molecule has 0 bridgehead atoms. The Balaban J connectivity index is 1.91. The van der Waals surface area contributed by atoms with Gasteiger partial charge >= 0.3 is 0 Å². The number of nitrogens with zero attached hydrogens (tertiary/aromatic N) is 1. The van der Waals surface area contributed by atoms with Gasteiger partial charge in [0.15, 0.2) is 0 Å². The highest BCUT2D eigenvalue weighted by molar-refractivity contribution is 5.14. The zero-order chi connectivity index (χ0) is 13.7. The summed E-state index contributed by atoms with van der Waals surface area (Å²) in [5.74, 6) is 0.745. The SMILES string of the molecule is CC(C)C1(CCN)CCN(Cc2ccccc2)CC1. The van der Waals surface area contributed by atoms with Gasteiger partial charge in [0, 0.05) is 6.54 Å². The monoisotopic (exact) mass is 260 g/mol. The fraction of sp³-hybridized carbons (Fsp3) is 0.647. The highest BCUT2D eigenvalue weighted by Crippen LogP contribution is 2.41. The molecule has 2 nitrogen and oxygen atoms in total. The first kappa shape index (κ1) is 14.5. The first-order chi connectivity index (χ1) is 9.16. The standard InChI is InChI=1S/C17H28N2/c1-15(2)17(8-11-18)9-12-19(13-10-17)14-16-6-4-3-5-7-16/h3-7,15H,8-14,18H2,1-2H3. The molecule has 1 fully saturated rings. The van der Waals surface area contributed by atoms with Crippen molar-refractivity contribution in [3.05, 3.63) is 35.9 Å². The lowest BCUT2D eigenvalue weighted by atomic mass is 9.68. The van der Waals surface area contributed by atoms with Crippen LogP contribution in [-0.4, -0.2) is 24.5 Å². The predicted octanol–water partition coefficient (Wildman–Crippen LogP) is 3.27. The first-order valence-electron chi connectivity index (χ1n) is 7.63. The summed E-state index contributed by atoms with van der Waals surface area (Å²) < 4.78 is 0. The minimum Gasteiger partial charge on any atom is -0.330 e.